The average molecular weight is 275 g/mol. The van der Waals surface area contributed by atoms with Crippen molar-refractivity contribution in [2.75, 3.05) is 0 Å². The topological polar surface area (TPSA) is 22.0 Å². The molecule has 2 heteroatoms. The van der Waals surface area contributed by atoms with E-state index in [-0.39, 0.29) is 0 Å². The average Bonchev–Trinajstić information content (AvgIpc) is 2.78. The Morgan fingerprint density at radius 3 is 2.45 bits per heavy atom. The first-order valence-electron chi connectivity index (χ1n) is 8.53. The molecule has 0 N–H and O–H groups in total. The van der Waals surface area contributed by atoms with Crippen LogP contribution in [-0.2, 0) is 13.0 Å². The van der Waals surface area contributed by atoms with Gasteiger partial charge in [-0.2, -0.15) is 0 Å². The number of hydrogen-bond donors (Lipinski definition) is 0. The highest BCUT2D eigenvalue weighted by atomic mass is 16.1. The van der Waals surface area contributed by atoms with Gasteiger partial charge in [0.15, 0.2) is 5.78 Å². The minimum absolute atomic E-state index is 0.357. The van der Waals surface area contributed by atoms with Gasteiger partial charge in [0.2, 0.25) is 0 Å². The van der Waals surface area contributed by atoms with E-state index in [1.807, 2.05) is 0 Å². The molecule has 1 aromatic heterocycles. The molecule has 0 saturated carbocycles. The normalized spacial score (nSPS) is 15.2. The summed E-state index contributed by atoms with van der Waals surface area (Å²) in [6.07, 6.45) is 17.8. The van der Waals surface area contributed by atoms with Crippen LogP contribution in [0.25, 0.3) is 0 Å². The molecule has 2 nitrogen and oxygen atoms in total. The Hall–Kier alpha value is -1.05. The molecule has 1 aliphatic rings. The van der Waals surface area contributed by atoms with Gasteiger partial charge in [0.05, 0.1) is 0 Å². The van der Waals surface area contributed by atoms with E-state index >= 15 is 0 Å². The SMILES string of the molecule is CCCCCCCCCn1cc2c(c1)C(=O)CCCC2. The molecule has 0 saturated heterocycles. The summed E-state index contributed by atoms with van der Waals surface area (Å²) >= 11 is 0. The Morgan fingerprint density at radius 2 is 1.65 bits per heavy atom. The van der Waals surface area contributed by atoms with Crippen molar-refractivity contribution in [3.8, 4) is 0 Å². The van der Waals surface area contributed by atoms with Gasteiger partial charge in [-0.05, 0) is 31.2 Å². The smallest absolute Gasteiger partial charge is 0.164 e. The zero-order valence-corrected chi connectivity index (χ0v) is 13.0. The molecule has 0 spiro atoms. The summed E-state index contributed by atoms with van der Waals surface area (Å²) in [7, 11) is 0. The number of carbonyl (C=O) groups excluding carboxylic acids is 1. The van der Waals surface area contributed by atoms with E-state index in [9.17, 15) is 4.79 Å². The Labute approximate surface area is 123 Å². The first kappa shape index (κ1) is 15.3. The summed E-state index contributed by atoms with van der Waals surface area (Å²) in [5.74, 6) is 0.357. The van der Waals surface area contributed by atoms with E-state index in [0.29, 0.717) is 5.78 Å². The van der Waals surface area contributed by atoms with Crippen molar-refractivity contribution < 1.29 is 4.79 Å². The Morgan fingerprint density at radius 1 is 0.950 bits per heavy atom. The molecule has 0 aliphatic heterocycles. The van der Waals surface area contributed by atoms with Crippen LogP contribution in [0.3, 0.4) is 0 Å². The van der Waals surface area contributed by atoms with Gasteiger partial charge in [-0.15, -0.1) is 0 Å². The summed E-state index contributed by atoms with van der Waals surface area (Å²) < 4.78 is 2.25. The molecule has 0 bridgehead atoms. The van der Waals surface area contributed by atoms with E-state index in [2.05, 4.69) is 23.9 Å². The largest absolute Gasteiger partial charge is 0.353 e. The van der Waals surface area contributed by atoms with E-state index in [4.69, 9.17) is 0 Å². The highest BCUT2D eigenvalue weighted by Crippen LogP contribution is 2.22. The van der Waals surface area contributed by atoms with Crippen LogP contribution < -0.4 is 0 Å². The highest BCUT2D eigenvalue weighted by Gasteiger charge is 2.17. The summed E-state index contributed by atoms with van der Waals surface area (Å²) in [6.45, 7) is 3.34. The predicted octanol–water partition coefficient (Wildman–Crippen LogP) is 5.15. The van der Waals surface area contributed by atoms with E-state index < -0.39 is 0 Å². The molecule has 112 valence electrons. The fourth-order valence-electron chi connectivity index (χ4n) is 3.12. The van der Waals surface area contributed by atoms with Crippen LogP contribution in [0, 0.1) is 0 Å². The summed E-state index contributed by atoms with van der Waals surface area (Å²) in [4.78, 5) is 12.0. The molecule has 0 aromatic carbocycles. The molecule has 20 heavy (non-hydrogen) atoms. The third-order valence-corrected chi connectivity index (χ3v) is 4.38. The zero-order chi connectivity index (χ0) is 14.2. The van der Waals surface area contributed by atoms with Gasteiger partial charge in [0.25, 0.3) is 0 Å². The van der Waals surface area contributed by atoms with E-state index in [0.717, 1.165) is 31.4 Å². The fourth-order valence-corrected chi connectivity index (χ4v) is 3.12. The standard InChI is InChI=1S/C18H29NO/c1-2-3-4-5-6-7-10-13-19-14-16-11-8-9-12-18(20)17(16)15-19/h14-15H,2-13H2,1H3. The molecule has 1 aromatic rings. The number of hydrogen-bond acceptors (Lipinski definition) is 1. The molecular weight excluding hydrogens is 246 g/mol. The second kappa shape index (κ2) is 8.28. The number of Topliss-reactive ketones (excluding diaryl/α,β-unsaturated/α-hetero) is 1. The number of aromatic nitrogens is 1. The van der Waals surface area contributed by atoms with Crippen molar-refractivity contribution >= 4 is 5.78 Å². The molecule has 2 rings (SSSR count). The van der Waals surface area contributed by atoms with Crippen LogP contribution in [0.2, 0.25) is 0 Å². The van der Waals surface area contributed by atoms with E-state index in [1.165, 1.54) is 56.9 Å². The van der Waals surface area contributed by atoms with Gasteiger partial charge in [0.1, 0.15) is 0 Å². The maximum atomic E-state index is 12.0. The maximum absolute atomic E-state index is 12.0. The lowest BCUT2D eigenvalue weighted by molar-refractivity contribution is 0.0982. The quantitative estimate of drug-likeness (QED) is 0.475. The number of fused-ring (bicyclic) bond motifs is 1. The van der Waals surface area contributed by atoms with Crippen molar-refractivity contribution in [3.63, 3.8) is 0 Å². The first-order chi connectivity index (χ1) is 9.81. The van der Waals surface area contributed by atoms with Crippen LogP contribution >= 0.6 is 0 Å². The minimum atomic E-state index is 0.357. The van der Waals surface area contributed by atoms with Gasteiger partial charge in [0, 0.05) is 30.9 Å². The third kappa shape index (κ3) is 4.50. The van der Waals surface area contributed by atoms with Gasteiger partial charge < -0.3 is 4.57 Å². The number of ketones is 1. The van der Waals surface area contributed by atoms with Crippen molar-refractivity contribution in [3.05, 3.63) is 23.5 Å². The van der Waals surface area contributed by atoms with Gasteiger partial charge in [-0.1, -0.05) is 45.4 Å². The van der Waals surface area contributed by atoms with Crippen LogP contribution in [-0.4, -0.2) is 10.4 Å². The van der Waals surface area contributed by atoms with Crippen LogP contribution in [0.1, 0.15) is 87.1 Å². The molecule has 0 radical (unpaired) electrons. The van der Waals surface area contributed by atoms with Gasteiger partial charge in [-0.3, -0.25) is 4.79 Å². The second-order valence-electron chi connectivity index (χ2n) is 6.19. The molecule has 0 fully saturated rings. The molecule has 1 heterocycles. The molecule has 0 unspecified atom stereocenters. The first-order valence-corrected chi connectivity index (χ1v) is 8.53. The predicted molar refractivity (Wildman–Crippen MR) is 84.3 cm³/mol. The van der Waals surface area contributed by atoms with Crippen LogP contribution in [0.5, 0.6) is 0 Å². The number of unbranched alkanes of at least 4 members (excludes halogenated alkanes) is 6. The fraction of sp³-hybridized carbons (Fsp3) is 0.722. The van der Waals surface area contributed by atoms with Gasteiger partial charge in [-0.25, -0.2) is 0 Å². The van der Waals surface area contributed by atoms with Crippen LogP contribution in [0.4, 0.5) is 0 Å². The monoisotopic (exact) mass is 275 g/mol. The summed E-state index contributed by atoms with van der Waals surface area (Å²) in [6, 6.07) is 0. The minimum Gasteiger partial charge on any atom is -0.353 e. The molecule has 0 atom stereocenters. The lowest BCUT2D eigenvalue weighted by Gasteiger charge is -2.03. The lowest BCUT2D eigenvalue weighted by atomic mass is 10.1. The lowest BCUT2D eigenvalue weighted by Crippen LogP contribution is -1.98. The van der Waals surface area contributed by atoms with Crippen molar-refractivity contribution in [1.82, 2.24) is 4.57 Å². The van der Waals surface area contributed by atoms with E-state index in [1.54, 1.807) is 0 Å². The van der Waals surface area contributed by atoms with Crippen molar-refractivity contribution in [2.24, 2.45) is 0 Å². The van der Waals surface area contributed by atoms with Crippen LogP contribution in [0.15, 0.2) is 12.4 Å². The number of rotatable bonds is 8. The number of carbonyl (C=O) groups is 1. The van der Waals surface area contributed by atoms with Crippen molar-refractivity contribution in [1.29, 1.82) is 0 Å². The Kier molecular flexibility index (Phi) is 6.35. The van der Waals surface area contributed by atoms with Gasteiger partial charge >= 0.3 is 0 Å². The zero-order valence-electron chi connectivity index (χ0n) is 13.0. The molecule has 1 aliphatic carbocycles. The molecular formula is C18H29NO. The maximum Gasteiger partial charge on any atom is 0.164 e. The Balaban J connectivity index is 1.71. The van der Waals surface area contributed by atoms with Crippen molar-refractivity contribution in [2.45, 2.75) is 84.1 Å². The second-order valence-corrected chi connectivity index (χ2v) is 6.19. The third-order valence-electron chi connectivity index (χ3n) is 4.38. The summed E-state index contributed by atoms with van der Waals surface area (Å²) in [5.41, 5.74) is 2.29. The summed E-state index contributed by atoms with van der Waals surface area (Å²) in [5, 5.41) is 0. The number of nitrogens with zero attached hydrogens (tertiary/aromatic N) is 1. The number of aryl methyl sites for hydroxylation is 2. The molecule has 0 amide bonds. The highest BCUT2D eigenvalue weighted by molar-refractivity contribution is 5.97. The Bertz CT molecular complexity index is 419.